The Kier molecular flexibility index (Phi) is 6.98. The molecule has 0 aliphatic carbocycles. The second kappa shape index (κ2) is 9.55. The molecule has 1 fully saturated rings. The van der Waals surface area contributed by atoms with Crippen LogP contribution in [-0.2, 0) is 22.6 Å². The Hall–Kier alpha value is -3.51. The molecule has 33 heavy (non-hydrogen) atoms. The van der Waals surface area contributed by atoms with Crippen LogP contribution in [0.15, 0.2) is 24.3 Å². The number of halogens is 1. The van der Waals surface area contributed by atoms with Crippen molar-refractivity contribution in [3.63, 3.8) is 0 Å². The Morgan fingerprint density at radius 1 is 1.21 bits per heavy atom. The molecular formula is C20H25ClN8O4. The van der Waals surface area contributed by atoms with Crippen molar-refractivity contribution in [2.75, 3.05) is 17.3 Å². The van der Waals surface area contributed by atoms with Crippen LogP contribution in [0, 0.1) is 0 Å². The van der Waals surface area contributed by atoms with Crippen LogP contribution in [0.1, 0.15) is 31.9 Å². The summed E-state index contributed by atoms with van der Waals surface area (Å²) in [5.41, 5.74) is 6.58. The van der Waals surface area contributed by atoms with Crippen molar-refractivity contribution in [3.05, 3.63) is 40.7 Å². The lowest BCUT2D eigenvalue weighted by Crippen LogP contribution is -2.39. The van der Waals surface area contributed by atoms with Gasteiger partial charge < -0.3 is 21.1 Å². The van der Waals surface area contributed by atoms with E-state index in [1.807, 2.05) is 24.3 Å². The molecule has 176 valence electrons. The van der Waals surface area contributed by atoms with E-state index >= 15 is 0 Å². The van der Waals surface area contributed by atoms with E-state index in [1.165, 1.54) is 11.9 Å². The highest BCUT2D eigenvalue weighted by Gasteiger charge is 2.36. The second-order valence-corrected chi connectivity index (χ2v) is 8.58. The number of amides is 4. The Morgan fingerprint density at radius 3 is 2.39 bits per heavy atom. The van der Waals surface area contributed by atoms with Gasteiger partial charge in [0, 0.05) is 13.6 Å². The molecule has 2 heterocycles. The van der Waals surface area contributed by atoms with Crippen molar-refractivity contribution >= 4 is 41.5 Å². The molecule has 0 saturated carbocycles. The third-order valence-electron chi connectivity index (χ3n) is 4.47. The topological polar surface area (TPSA) is 156 Å². The molecule has 4 N–H and O–H groups in total. The average Bonchev–Trinajstić information content (AvgIpc) is 2.97. The monoisotopic (exact) mass is 476 g/mol. The fraction of sp³-hybridized carbons (Fsp3) is 0.400. The molecule has 1 aromatic carbocycles. The van der Waals surface area contributed by atoms with Crippen LogP contribution in [0.4, 0.5) is 21.5 Å². The molecule has 0 spiro atoms. The summed E-state index contributed by atoms with van der Waals surface area (Å²) in [7, 11) is 1.34. The van der Waals surface area contributed by atoms with Gasteiger partial charge in [0.1, 0.15) is 5.60 Å². The number of hydrogen-bond donors (Lipinski definition) is 3. The molecule has 1 aromatic heterocycles. The largest absolute Gasteiger partial charge is 0.443 e. The van der Waals surface area contributed by atoms with Gasteiger partial charge >= 0.3 is 12.1 Å². The van der Waals surface area contributed by atoms with Crippen LogP contribution < -0.4 is 21.3 Å². The van der Waals surface area contributed by atoms with Crippen molar-refractivity contribution < 1.29 is 19.1 Å². The molecule has 1 saturated heterocycles. The minimum atomic E-state index is -1.09. The van der Waals surface area contributed by atoms with Gasteiger partial charge in [0.15, 0.2) is 6.17 Å². The predicted octanol–water partition coefficient (Wildman–Crippen LogP) is 1.84. The van der Waals surface area contributed by atoms with Gasteiger partial charge in [-0.15, -0.1) is 0 Å². The maximum atomic E-state index is 13.0. The van der Waals surface area contributed by atoms with Gasteiger partial charge in [-0.1, -0.05) is 24.3 Å². The first-order valence-corrected chi connectivity index (χ1v) is 10.4. The van der Waals surface area contributed by atoms with E-state index in [0.717, 1.165) is 16.0 Å². The average molecular weight is 477 g/mol. The molecule has 1 unspecified atom stereocenters. The van der Waals surface area contributed by atoms with Crippen LogP contribution in [0.5, 0.6) is 0 Å². The van der Waals surface area contributed by atoms with Crippen molar-refractivity contribution in [3.8, 4) is 0 Å². The fourth-order valence-electron chi connectivity index (χ4n) is 2.82. The van der Waals surface area contributed by atoms with Gasteiger partial charge in [-0.3, -0.25) is 9.69 Å². The molecule has 0 radical (unpaired) electrons. The molecule has 4 amide bonds. The summed E-state index contributed by atoms with van der Waals surface area (Å²) in [5, 5.41) is 4.91. The number of hydrogen-bond acceptors (Lipinski definition) is 9. The van der Waals surface area contributed by atoms with E-state index in [9.17, 15) is 14.4 Å². The molecule has 12 nitrogen and oxygen atoms in total. The van der Waals surface area contributed by atoms with E-state index in [0.29, 0.717) is 6.54 Å². The van der Waals surface area contributed by atoms with Crippen molar-refractivity contribution in [2.45, 2.75) is 45.6 Å². The molecular weight excluding hydrogens is 452 g/mol. The van der Waals surface area contributed by atoms with Crippen LogP contribution in [0.25, 0.3) is 0 Å². The third-order valence-corrected chi connectivity index (χ3v) is 4.64. The van der Waals surface area contributed by atoms with Crippen LogP contribution in [0.2, 0.25) is 5.28 Å². The minimum absolute atomic E-state index is 0.0708. The predicted molar refractivity (Wildman–Crippen MR) is 120 cm³/mol. The number of carbonyl (C=O) groups excluding carboxylic acids is 3. The fourth-order valence-corrected chi connectivity index (χ4v) is 2.98. The normalized spacial score (nSPS) is 15.9. The number of imide groups is 1. The number of ether oxygens (including phenoxy) is 1. The van der Waals surface area contributed by atoms with Crippen molar-refractivity contribution in [1.82, 2.24) is 25.2 Å². The SMILES string of the molecule is CN1C(=O)NC(Nc2nc(Cl)nc(N(Cc3ccc(CN)cc3)C(=O)OC(C)(C)C)n2)C1=O. The number of rotatable bonds is 6. The smallest absolute Gasteiger partial charge is 0.417 e. The number of nitrogens with zero attached hydrogens (tertiary/aromatic N) is 5. The molecule has 13 heteroatoms. The number of aromatic nitrogens is 3. The van der Waals surface area contributed by atoms with E-state index in [1.54, 1.807) is 20.8 Å². The first kappa shape index (κ1) is 24.1. The zero-order chi connectivity index (χ0) is 24.3. The van der Waals surface area contributed by atoms with E-state index in [4.69, 9.17) is 22.1 Å². The van der Waals surface area contributed by atoms with E-state index < -0.39 is 29.8 Å². The first-order valence-electron chi connectivity index (χ1n) is 10.0. The minimum Gasteiger partial charge on any atom is -0.443 e. The van der Waals surface area contributed by atoms with Crippen molar-refractivity contribution in [1.29, 1.82) is 0 Å². The van der Waals surface area contributed by atoms with Gasteiger partial charge in [-0.25, -0.2) is 14.5 Å². The number of nitrogens with one attached hydrogen (secondary N) is 2. The van der Waals surface area contributed by atoms with Crippen LogP contribution in [-0.4, -0.2) is 56.7 Å². The number of likely N-dealkylation sites (N-methyl/N-ethyl adjacent to an activating group) is 1. The number of nitrogens with two attached hydrogens (primary N) is 1. The highest BCUT2D eigenvalue weighted by molar-refractivity contribution is 6.28. The Morgan fingerprint density at radius 2 is 1.85 bits per heavy atom. The Balaban J connectivity index is 1.92. The highest BCUT2D eigenvalue weighted by atomic mass is 35.5. The van der Waals surface area contributed by atoms with Gasteiger partial charge in [0.05, 0.1) is 6.54 Å². The number of anilines is 2. The summed E-state index contributed by atoms with van der Waals surface area (Å²) >= 11 is 6.08. The maximum absolute atomic E-state index is 13.0. The van der Waals surface area contributed by atoms with Gasteiger partial charge in [0.2, 0.25) is 17.2 Å². The van der Waals surface area contributed by atoms with Crippen molar-refractivity contribution in [2.24, 2.45) is 5.73 Å². The van der Waals surface area contributed by atoms with Crippen LogP contribution in [0.3, 0.4) is 0 Å². The maximum Gasteiger partial charge on any atom is 0.417 e. The molecule has 0 bridgehead atoms. The lowest BCUT2D eigenvalue weighted by molar-refractivity contribution is -0.125. The number of urea groups is 1. The van der Waals surface area contributed by atoms with Gasteiger partial charge in [-0.05, 0) is 43.5 Å². The zero-order valence-electron chi connectivity index (χ0n) is 18.6. The summed E-state index contributed by atoms with van der Waals surface area (Å²) in [6, 6.07) is 6.77. The number of benzene rings is 1. The molecule has 3 rings (SSSR count). The van der Waals surface area contributed by atoms with Gasteiger partial charge in [0.25, 0.3) is 5.91 Å². The third kappa shape index (κ3) is 6.05. The lowest BCUT2D eigenvalue weighted by atomic mass is 10.1. The highest BCUT2D eigenvalue weighted by Crippen LogP contribution is 2.21. The Bertz CT molecular complexity index is 1060. The van der Waals surface area contributed by atoms with Gasteiger partial charge in [-0.2, -0.15) is 15.0 Å². The molecule has 2 aromatic rings. The summed E-state index contributed by atoms with van der Waals surface area (Å²) < 4.78 is 5.52. The lowest BCUT2D eigenvalue weighted by Gasteiger charge is -2.26. The molecule has 1 aliphatic rings. The molecule has 1 aliphatic heterocycles. The zero-order valence-corrected chi connectivity index (χ0v) is 19.4. The Labute approximate surface area is 195 Å². The summed E-state index contributed by atoms with van der Waals surface area (Å²) in [6.45, 7) is 5.66. The quantitative estimate of drug-likeness (QED) is 0.529. The summed E-state index contributed by atoms with van der Waals surface area (Å²) in [6.07, 6.45) is -1.80. The standard InChI is InChI=1S/C20H25ClN8O4/c1-20(2,3)33-19(32)29(10-12-7-5-11(9-22)6-8-12)17-26-15(21)25-16(27-17)23-13-14(30)28(4)18(31)24-13/h5-8,13H,9-10,22H2,1-4H3,(H,24,31)(H,23,25,26,27). The number of carbonyl (C=O) groups is 3. The summed E-state index contributed by atoms with van der Waals surface area (Å²) in [5.74, 6) is -0.729. The first-order chi connectivity index (χ1) is 15.5. The van der Waals surface area contributed by atoms with E-state index in [2.05, 4.69) is 25.6 Å². The summed E-state index contributed by atoms with van der Waals surface area (Å²) in [4.78, 5) is 51.2. The van der Waals surface area contributed by atoms with E-state index in [-0.39, 0.29) is 23.7 Å². The van der Waals surface area contributed by atoms with Crippen LogP contribution >= 0.6 is 11.6 Å². The second-order valence-electron chi connectivity index (χ2n) is 8.24. The molecule has 1 atom stereocenters.